The van der Waals surface area contributed by atoms with Gasteiger partial charge in [0, 0.05) is 35.7 Å². The predicted molar refractivity (Wildman–Crippen MR) is 82.0 cm³/mol. The molecule has 0 aliphatic carbocycles. The number of rotatable bonds is 5. The summed E-state index contributed by atoms with van der Waals surface area (Å²) in [6.07, 6.45) is 0. The number of nitrogens with one attached hydrogen (secondary N) is 2. The van der Waals surface area contributed by atoms with Crippen LogP contribution in [0.3, 0.4) is 0 Å². The van der Waals surface area contributed by atoms with Crippen LogP contribution in [0.1, 0.15) is 6.92 Å². The summed E-state index contributed by atoms with van der Waals surface area (Å²) in [5.41, 5.74) is 1.65. The molecule has 0 spiro atoms. The Kier molecular flexibility index (Phi) is 4.59. The van der Waals surface area contributed by atoms with Gasteiger partial charge in [0.15, 0.2) is 0 Å². The Bertz CT molecular complexity index is 679. The molecule has 2 rings (SSSR count). The summed E-state index contributed by atoms with van der Waals surface area (Å²) in [6.45, 7) is 2.54. The molecule has 0 aromatic heterocycles. The molecule has 0 amide bonds. The summed E-state index contributed by atoms with van der Waals surface area (Å²) in [4.78, 5) is 10.5. The number of anilines is 3. The van der Waals surface area contributed by atoms with E-state index in [1.165, 1.54) is 30.3 Å². The minimum atomic E-state index is -0.519. The SMILES string of the molecule is CCNc1cc(Nc2ccc(F)c(Cl)c2)cc([N+](=O)[O-])c1. The second-order valence-corrected chi connectivity index (χ2v) is 4.72. The lowest BCUT2D eigenvalue weighted by atomic mass is 10.2. The summed E-state index contributed by atoms with van der Waals surface area (Å²) in [6, 6.07) is 8.74. The number of hydrogen-bond donors (Lipinski definition) is 2. The van der Waals surface area contributed by atoms with Crippen molar-refractivity contribution in [2.24, 2.45) is 0 Å². The highest BCUT2D eigenvalue weighted by Gasteiger charge is 2.10. The first kappa shape index (κ1) is 15.1. The zero-order valence-corrected chi connectivity index (χ0v) is 11.9. The Morgan fingerprint density at radius 3 is 2.52 bits per heavy atom. The minimum absolute atomic E-state index is 0.0164. The van der Waals surface area contributed by atoms with Crippen molar-refractivity contribution in [2.45, 2.75) is 6.92 Å². The Hall–Kier alpha value is -2.34. The number of nitro benzene ring substituents is 1. The molecule has 0 saturated carbocycles. The predicted octanol–water partition coefficient (Wildman–Crippen LogP) is 4.56. The van der Waals surface area contributed by atoms with Crippen molar-refractivity contribution in [3.8, 4) is 0 Å². The van der Waals surface area contributed by atoms with Crippen molar-refractivity contribution in [3.63, 3.8) is 0 Å². The number of nitro groups is 1. The van der Waals surface area contributed by atoms with Crippen molar-refractivity contribution in [3.05, 3.63) is 57.4 Å². The van der Waals surface area contributed by atoms with E-state index in [1.54, 1.807) is 6.07 Å². The average Bonchev–Trinajstić information content (AvgIpc) is 2.43. The Balaban J connectivity index is 2.33. The molecule has 0 saturated heterocycles. The monoisotopic (exact) mass is 309 g/mol. The van der Waals surface area contributed by atoms with Crippen LogP contribution in [0.4, 0.5) is 27.1 Å². The molecule has 0 aliphatic rings. The number of non-ortho nitro benzene ring substituents is 1. The van der Waals surface area contributed by atoms with Crippen LogP contribution in [-0.2, 0) is 0 Å². The Labute approximate surface area is 125 Å². The lowest BCUT2D eigenvalue weighted by Crippen LogP contribution is -2.00. The van der Waals surface area contributed by atoms with Gasteiger partial charge in [-0.3, -0.25) is 10.1 Å². The normalized spacial score (nSPS) is 10.2. The van der Waals surface area contributed by atoms with E-state index in [0.717, 1.165) is 0 Å². The van der Waals surface area contributed by atoms with Crippen LogP contribution in [0.15, 0.2) is 36.4 Å². The smallest absolute Gasteiger partial charge is 0.273 e. The van der Waals surface area contributed by atoms with Gasteiger partial charge in [-0.1, -0.05) is 11.6 Å². The highest BCUT2D eigenvalue weighted by molar-refractivity contribution is 6.31. The van der Waals surface area contributed by atoms with E-state index < -0.39 is 10.7 Å². The fourth-order valence-corrected chi connectivity index (χ4v) is 2.02. The van der Waals surface area contributed by atoms with Crippen LogP contribution < -0.4 is 10.6 Å². The number of halogens is 2. The van der Waals surface area contributed by atoms with Crippen molar-refractivity contribution < 1.29 is 9.31 Å². The van der Waals surface area contributed by atoms with Crippen LogP contribution in [0.2, 0.25) is 5.02 Å². The molecule has 0 unspecified atom stereocenters. The van der Waals surface area contributed by atoms with Crippen molar-refractivity contribution in [2.75, 3.05) is 17.2 Å². The first-order chi connectivity index (χ1) is 9.99. The highest BCUT2D eigenvalue weighted by Crippen LogP contribution is 2.28. The van der Waals surface area contributed by atoms with Crippen LogP contribution >= 0.6 is 11.6 Å². The Morgan fingerprint density at radius 1 is 1.19 bits per heavy atom. The molecule has 5 nitrogen and oxygen atoms in total. The van der Waals surface area contributed by atoms with Gasteiger partial charge in [-0.25, -0.2) is 4.39 Å². The molecular formula is C14H13ClFN3O2. The molecular weight excluding hydrogens is 297 g/mol. The van der Waals surface area contributed by atoms with E-state index in [2.05, 4.69) is 10.6 Å². The van der Waals surface area contributed by atoms with Gasteiger partial charge < -0.3 is 10.6 Å². The van der Waals surface area contributed by atoms with Gasteiger partial charge in [-0.2, -0.15) is 0 Å². The third kappa shape index (κ3) is 3.82. The van der Waals surface area contributed by atoms with E-state index in [-0.39, 0.29) is 10.7 Å². The highest BCUT2D eigenvalue weighted by atomic mass is 35.5. The van der Waals surface area contributed by atoms with Gasteiger partial charge in [0.2, 0.25) is 0 Å². The largest absolute Gasteiger partial charge is 0.385 e. The van der Waals surface area contributed by atoms with Gasteiger partial charge >= 0.3 is 0 Å². The van der Waals surface area contributed by atoms with Crippen molar-refractivity contribution in [1.82, 2.24) is 0 Å². The van der Waals surface area contributed by atoms with Crippen LogP contribution in [0, 0.1) is 15.9 Å². The second-order valence-electron chi connectivity index (χ2n) is 4.31. The quantitative estimate of drug-likeness (QED) is 0.627. The third-order valence-corrected chi connectivity index (χ3v) is 3.01. The molecule has 0 radical (unpaired) electrons. The van der Waals surface area contributed by atoms with Crippen molar-refractivity contribution >= 4 is 34.4 Å². The molecule has 2 N–H and O–H groups in total. The first-order valence-electron chi connectivity index (χ1n) is 6.25. The van der Waals surface area contributed by atoms with Crippen LogP contribution in [0.5, 0.6) is 0 Å². The van der Waals surface area contributed by atoms with Crippen molar-refractivity contribution in [1.29, 1.82) is 0 Å². The number of nitrogens with zero attached hydrogens (tertiary/aromatic N) is 1. The molecule has 2 aromatic carbocycles. The lowest BCUT2D eigenvalue weighted by Gasteiger charge is -2.10. The Morgan fingerprint density at radius 2 is 1.90 bits per heavy atom. The first-order valence-corrected chi connectivity index (χ1v) is 6.63. The summed E-state index contributed by atoms with van der Waals surface area (Å²) < 4.78 is 13.1. The maximum absolute atomic E-state index is 13.1. The molecule has 0 bridgehead atoms. The summed E-state index contributed by atoms with van der Waals surface area (Å²) in [5.74, 6) is -0.519. The van der Waals surface area contributed by atoms with Gasteiger partial charge in [0.1, 0.15) is 5.82 Å². The molecule has 0 aliphatic heterocycles. The van der Waals surface area contributed by atoms with E-state index in [9.17, 15) is 14.5 Å². The summed E-state index contributed by atoms with van der Waals surface area (Å²) in [7, 11) is 0. The van der Waals surface area contributed by atoms with E-state index in [4.69, 9.17) is 11.6 Å². The summed E-state index contributed by atoms with van der Waals surface area (Å²) >= 11 is 5.71. The molecule has 21 heavy (non-hydrogen) atoms. The van der Waals surface area contributed by atoms with Gasteiger partial charge in [-0.15, -0.1) is 0 Å². The molecule has 2 aromatic rings. The van der Waals surface area contributed by atoms with Gasteiger partial charge in [0.25, 0.3) is 5.69 Å². The molecule has 0 fully saturated rings. The number of hydrogen-bond acceptors (Lipinski definition) is 4. The van der Waals surface area contributed by atoms with E-state index in [0.29, 0.717) is 23.6 Å². The fourth-order valence-electron chi connectivity index (χ4n) is 1.84. The second kappa shape index (κ2) is 6.41. The maximum Gasteiger partial charge on any atom is 0.273 e. The van der Waals surface area contributed by atoms with E-state index >= 15 is 0 Å². The maximum atomic E-state index is 13.1. The molecule has 0 heterocycles. The zero-order valence-electron chi connectivity index (χ0n) is 11.2. The molecule has 7 heteroatoms. The fraction of sp³-hybridized carbons (Fsp3) is 0.143. The standard InChI is InChI=1S/C14H13ClFN3O2/c1-2-17-10-5-11(7-12(6-10)19(20)21)18-9-3-4-14(16)13(15)8-9/h3-8,17-18H,2H2,1H3. The topological polar surface area (TPSA) is 67.2 Å². The van der Waals surface area contributed by atoms with Gasteiger partial charge in [0.05, 0.1) is 9.95 Å². The third-order valence-electron chi connectivity index (χ3n) is 2.72. The molecule has 0 atom stereocenters. The van der Waals surface area contributed by atoms with Crippen LogP contribution in [0.25, 0.3) is 0 Å². The lowest BCUT2D eigenvalue weighted by molar-refractivity contribution is -0.384. The minimum Gasteiger partial charge on any atom is -0.385 e. The zero-order chi connectivity index (χ0) is 15.4. The molecule has 110 valence electrons. The van der Waals surface area contributed by atoms with E-state index in [1.807, 2.05) is 6.92 Å². The summed E-state index contributed by atoms with van der Waals surface area (Å²) in [5, 5.41) is 16.9. The van der Waals surface area contributed by atoms with Gasteiger partial charge in [-0.05, 0) is 31.2 Å². The van der Waals surface area contributed by atoms with Crippen LogP contribution in [-0.4, -0.2) is 11.5 Å². The average molecular weight is 310 g/mol. The number of benzene rings is 2.